The van der Waals surface area contributed by atoms with E-state index in [0.29, 0.717) is 12.8 Å². The van der Waals surface area contributed by atoms with E-state index in [0.717, 1.165) is 16.7 Å². The molecule has 0 bridgehead atoms. The van der Waals surface area contributed by atoms with Gasteiger partial charge in [0.25, 0.3) is 0 Å². The van der Waals surface area contributed by atoms with E-state index in [1.807, 2.05) is 54.6 Å². The van der Waals surface area contributed by atoms with Gasteiger partial charge < -0.3 is 14.6 Å². The first kappa shape index (κ1) is 20.6. The van der Waals surface area contributed by atoms with Gasteiger partial charge in [-0.1, -0.05) is 54.6 Å². The number of carbonyl (C=O) groups excluding carboxylic acids is 2. The molecule has 158 valence electrons. The molecule has 5 heteroatoms. The lowest BCUT2D eigenvalue weighted by Crippen LogP contribution is -2.40. The molecule has 5 nitrogen and oxygen atoms in total. The summed E-state index contributed by atoms with van der Waals surface area (Å²) in [5.41, 5.74) is 1.55. The Morgan fingerprint density at radius 3 is 2.07 bits per heavy atom. The number of benzene rings is 2. The van der Waals surface area contributed by atoms with Crippen molar-refractivity contribution in [1.29, 1.82) is 0 Å². The van der Waals surface area contributed by atoms with Crippen molar-refractivity contribution in [2.24, 2.45) is 11.3 Å². The number of hydrogen-bond donors (Lipinski definition) is 1. The molecule has 1 saturated carbocycles. The van der Waals surface area contributed by atoms with E-state index in [1.165, 1.54) is 0 Å². The Morgan fingerprint density at radius 1 is 0.900 bits per heavy atom. The first-order valence-corrected chi connectivity index (χ1v) is 10.7. The molecule has 2 aromatic rings. The van der Waals surface area contributed by atoms with Gasteiger partial charge in [0.1, 0.15) is 0 Å². The number of ether oxygens (including phenoxy) is 2. The highest BCUT2D eigenvalue weighted by Crippen LogP contribution is 2.62. The minimum Gasteiger partial charge on any atom is -0.465 e. The lowest BCUT2D eigenvalue weighted by molar-refractivity contribution is -0.172. The van der Waals surface area contributed by atoms with Gasteiger partial charge in [0, 0.05) is 5.92 Å². The first-order valence-electron chi connectivity index (χ1n) is 10.7. The van der Waals surface area contributed by atoms with Crippen LogP contribution < -0.4 is 0 Å². The Balaban J connectivity index is 1.84. The topological polar surface area (TPSA) is 72.8 Å². The van der Waals surface area contributed by atoms with Crippen LogP contribution in [-0.2, 0) is 19.1 Å². The number of aliphatic hydroxyl groups is 1. The van der Waals surface area contributed by atoms with Crippen LogP contribution in [0.4, 0.5) is 0 Å². The molecular weight excluding hydrogens is 380 g/mol. The molecule has 0 heterocycles. The summed E-state index contributed by atoms with van der Waals surface area (Å²) >= 11 is 0. The van der Waals surface area contributed by atoms with Crippen molar-refractivity contribution >= 4 is 11.9 Å². The molecular formula is C25H28O5. The molecule has 4 atom stereocenters. The maximum atomic E-state index is 13.1. The zero-order valence-electron chi connectivity index (χ0n) is 17.4. The van der Waals surface area contributed by atoms with E-state index >= 15 is 0 Å². The standard InChI is InChI=1S/C25H28O5/c1-3-29-23(27)25(24(28)30-4-2)14-19-17-12-8-9-13-18(17)22(26)21(20(19)15-25)16-10-6-5-7-11-16/h5-13,19-22,26H,3-4,14-15H2,1-2H3/t19-,20-,21+,22+/m1/s1. The van der Waals surface area contributed by atoms with E-state index in [2.05, 4.69) is 0 Å². The smallest absolute Gasteiger partial charge is 0.323 e. The van der Waals surface area contributed by atoms with Crippen LogP contribution in [0.3, 0.4) is 0 Å². The molecule has 0 spiro atoms. The minimum absolute atomic E-state index is 0.0383. The molecule has 2 aliphatic rings. The van der Waals surface area contributed by atoms with Crippen LogP contribution in [-0.4, -0.2) is 30.3 Å². The second-order valence-electron chi connectivity index (χ2n) is 8.21. The Bertz CT molecular complexity index is 904. The summed E-state index contributed by atoms with van der Waals surface area (Å²) in [4.78, 5) is 26.2. The molecule has 0 aliphatic heterocycles. The molecule has 2 aromatic carbocycles. The number of carbonyl (C=O) groups is 2. The molecule has 30 heavy (non-hydrogen) atoms. The van der Waals surface area contributed by atoms with Crippen molar-refractivity contribution in [1.82, 2.24) is 0 Å². The zero-order valence-corrected chi connectivity index (χ0v) is 17.4. The van der Waals surface area contributed by atoms with Gasteiger partial charge in [0.05, 0.1) is 19.3 Å². The zero-order chi connectivity index (χ0) is 21.3. The van der Waals surface area contributed by atoms with Gasteiger partial charge >= 0.3 is 11.9 Å². The van der Waals surface area contributed by atoms with E-state index < -0.39 is 23.5 Å². The van der Waals surface area contributed by atoms with Crippen LogP contribution in [0.5, 0.6) is 0 Å². The largest absolute Gasteiger partial charge is 0.465 e. The summed E-state index contributed by atoms with van der Waals surface area (Å²) < 4.78 is 10.7. The lowest BCUT2D eigenvalue weighted by atomic mass is 9.66. The molecule has 2 aliphatic carbocycles. The summed E-state index contributed by atoms with van der Waals surface area (Å²) in [5.74, 6) is -1.36. The molecule has 0 amide bonds. The van der Waals surface area contributed by atoms with Crippen LogP contribution >= 0.6 is 0 Å². The number of rotatable bonds is 5. The number of hydrogen-bond acceptors (Lipinski definition) is 5. The predicted octanol–water partition coefficient (Wildman–Crippen LogP) is 4.12. The van der Waals surface area contributed by atoms with Gasteiger partial charge in [-0.2, -0.15) is 0 Å². The number of aliphatic hydroxyl groups excluding tert-OH is 1. The highest BCUT2D eigenvalue weighted by molar-refractivity contribution is 6.00. The fourth-order valence-electron chi connectivity index (χ4n) is 5.48. The summed E-state index contributed by atoms with van der Waals surface area (Å²) in [6.07, 6.45) is -0.0621. The molecule has 0 saturated heterocycles. The fraction of sp³-hybridized carbons (Fsp3) is 0.440. The fourth-order valence-corrected chi connectivity index (χ4v) is 5.48. The Kier molecular flexibility index (Phi) is 5.65. The quantitative estimate of drug-likeness (QED) is 0.595. The van der Waals surface area contributed by atoms with Crippen molar-refractivity contribution in [3.8, 4) is 0 Å². The van der Waals surface area contributed by atoms with Gasteiger partial charge in [-0.15, -0.1) is 0 Å². The summed E-state index contributed by atoms with van der Waals surface area (Å²) in [6, 6.07) is 17.7. The van der Waals surface area contributed by atoms with Crippen LogP contribution in [0.2, 0.25) is 0 Å². The SMILES string of the molecule is CCOC(=O)C1(C(=O)OCC)C[C@H]2[C@H](c3ccccc3)[C@@H](O)c3ccccc3[C@H]2C1. The third-order valence-corrected chi connectivity index (χ3v) is 6.70. The Hall–Kier alpha value is -2.66. The Labute approximate surface area is 177 Å². The summed E-state index contributed by atoms with van der Waals surface area (Å²) in [5, 5.41) is 11.3. The van der Waals surface area contributed by atoms with E-state index in [4.69, 9.17) is 9.47 Å². The van der Waals surface area contributed by atoms with Crippen molar-refractivity contribution in [2.45, 2.75) is 44.6 Å². The van der Waals surface area contributed by atoms with Crippen LogP contribution in [0.25, 0.3) is 0 Å². The molecule has 4 rings (SSSR count). The van der Waals surface area contributed by atoms with Crippen molar-refractivity contribution in [2.75, 3.05) is 13.2 Å². The maximum absolute atomic E-state index is 13.1. The molecule has 0 aromatic heterocycles. The monoisotopic (exact) mass is 408 g/mol. The van der Waals surface area contributed by atoms with Crippen LogP contribution in [0.1, 0.15) is 61.3 Å². The minimum atomic E-state index is -1.34. The highest BCUT2D eigenvalue weighted by Gasteiger charge is 2.61. The second-order valence-corrected chi connectivity index (χ2v) is 8.21. The second kappa shape index (κ2) is 8.23. The molecule has 0 radical (unpaired) electrons. The van der Waals surface area contributed by atoms with Crippen molar-refractivity contribution in [3.63, 3.8) is 0 Å². The van der Waals surface area contributed by atoms with Gasteiger partial charge in [-0.05, 0) is 55.2 Å². The Morgan fingerprint density at radius 2 is 1.47 bits per heavy atom. The van der Waals surface area contributed by atoms with Gasteiger partial charge in [-0.3, -0.25) is 9.59 Å². The third-order valence-electron chi connectivity index (χ3n) is 6.70. The van der Waals surface area contributed by atoms with Crippen LogP contribution in [0.15, 0.2) is 54.6 Å². The number of fused-ring (bicyclic) bond motifs is 3. The van der Waals surface area contributed by atoms with E-state index in [1.54, 1.807) is 13.8 Å². The van der Waals surface area contributed by atoms with Crippen molar-refractivity contribution in [3.05, 3.63) is 71.3 Å². The molecule has 1 N–H and O–H groups in total. The average molecular weight is 408 g/mol. The van der Waals surface area contributed by atoms with Crippen LogP contribution in [0, 0.1) is 11.3 Å². The normalized spacial score (nSPS) is 26.4. The summed E-state index contributed by atoms with van der Waals surface area (Å²) in [7, 11) is 0. The van der Waals surface area contributed by atoms with E-state index in [-0.39, 0.29) is 31.0 Å². The van der Waals surface area contributed by atoms with Crippen molar-refractivity contribution < 1.29 is 24.2 Å². The molecule has 1 fully saturated rings. The maximum Gasteiger partial charge on any atom is 0.323 e. The first-order chi connectivity index (χ1) is 14.5. The number of esters is 2. The third kappa shape index (κ3) is 3.21. The van der Waals surface area contributed by atoms with Gasteiger partial charge in [0.2, 0.25) is 0 Å². The van der Waals surface area contributed by atoms with E-state index in [9.17, 15) is 14.7 Å². The van der Waals surface area contributed by atoms with Gasteiger partial charge in [-0.25, -0.2) is 0 Å². The lowest BCUT2D eigenvalue weighted by Gasteiger charge is -2.39. The van der Waals surface area contributed by atoms with Gasteiger partial charge in [0.15, 0.2) is 5.41 Å². The summed E-state index contributed by atoms with van der Waals surface area (Å²) in [6.45, 7) is 3.89. The highest BCUT2D eigenvalue weighted by atomic mass is 16.6. The molecule has 0 unspecified atom stereocenters. The average Bonchev–Trinajstić information content (AvgIpc) is 3.17. The predicted molar refractivity (Wildman–Crippen MR) is 112 cm³/mol.